The van der Waals surface area contributed by atoms with Crippen LogP contribution in [0, 0.1) is 0 Å². The first-order valence-electron chi connectivity index (χ1n) is 8.88. The molecule has 1 unspecified atom stereocenters. The lowest BCUT2D eigenvalue weighted by Crippen LogP contribution is -2.27. The van der Waals surface area contributed by atoms with Gasteiger partial charge in [-0.2, -0.15) is 0 Å². The second-order valence-corrected chi connectivity index (χ2v) is 6.38. The van der Waals surface area contributed by atoms with Crippen molar-refractivity contribution >= 4 is 0 Å². The Bertz CT molecular complexity index is 165. The Morgan fingerprint density at radius 2 is 1.05 bits per heavy atom. The Morgan fingerprint density at radius 3 is 1.47 bits per heavy atom. The lowest BCUT2D eigenvalue weighted by atomic mass is 10.0. The zero-order valence-electron chi connectivity index (χ0n) is 14.2. The van der Waals surface area contributed by atoms with Gasteiger partial charge in [-0.3, -0.25) is 0 Å². The molecular weight excluding hydrogens is 230 g/mol. The average Bonchev–Trinajstić information content (AvgIpc) is 2.39. The predicted octanol–water partition coefficient (Wildman–Crippen LogP) is 6.03. The average molecular weight is 270 g/mol. The summed E-state index contributed by atoms with van der Waals surface area (Å²) < 4.78 is 0. The molecule has 0 aliphatic rings. The minimum Gasteiger partial charge on any atom is -0.306 e. The van der Waals surface area contributed by atoms with E-state index in [1.165, 1.54) is 83.5 Å². The lowest BCUT2D eigenvalue weighted by molar-refractivity contribution is 0.256. The molecule has 0 saturated heterocycles. The number of rotatable bonds is 14. The molecular formula is C18H39N. The maximum Gasteiger partial charge on any atom is 0.00890 e. The van der Waals surface area contributed by atoms with Crippen LogP contribution in [0.5, 0.6) is 0 Å². The van der Waals surface area contributed by atoms with Gasteiger partial charge in [0.15, 0.2) is 0 Å². The zero-order chi connectivity index (χ0) is 14.3. The van der Waals surface area contributed by atoms with Gasteiger partial charge in [-0.05, 0) is 26.9 Å². The van der Waals surface area contributed by atoms with Gasteiger partial charge in [0.1, 0.15) is 0 Å². The van der Waals surface area contributed by atoms with Gasteiger partial charge in [0, 0.05) is 6.04 Å². The SMILES string of the molecule is CCCCCCCCCCCCC(CCC)N(C)C. The molecule has 1 heteroatoms. The van der Waals surface area contributed by atoms with Crippen molar-refractivity contribution in [2.75, 3.05) is 14.1 Å². The van der Waals surface area contributed by atoms with Crippen molar-refractivity contribution in [2.24, 2.45) is 0 Å². The molecule has 1 atom stereocenters. The van der Waals surface area contributed by atoms with Crippen LogP contribution in [0.2, 0.25) is 0 Å². The van der Waals surface area contributed by atoms with E-state index in [0.29, 0.717) is 0 Å². The summed E-state index contributed by atoms with van der Waals surface area (Å²) in [5, 5.41) is 0. The molecule has 0 amide bonds. The van der Waals surface area contributed by atoms with Crippen LogP contribution >= 0.6 is 0 Å². The zero-order valence-corrected chi connectivity index (χ0v) is 14.2. The van der Waals surface area contributed by atoms with E-state index in [2.05, 4.69) is 32.8 Å². The molecule has 0 aromatic heterocycles. The van der Waals surface area contributed by atoms with Crippen LogP contribution < -0.4 is 0 Å². The van der Waals surface area contributed by atoms with Gasteiger partial charge >= 0.3 is 0 Å². The topological polar surface area (TPSA) is 3.24 Å². The Morgan fingerprint density at radius 1 is 0.579 bits per heavy atom. The van der Waals surface area contributed by atoms with Gasteiger partial charge in [0.2, 0.25) is 0 Å². The highest BCUT2D eigenvalue weighted by Gasteiger charge is 2.08. The van der Waals surface area contributed by atoms with Crippen LogP contribution in [-0.2, 0) is 0 Å². The fraction of sp³-hybridized carbons (Fsp3) is 1.00. The maximum absolute atomic E-state index is 2.41. The van der Waals surface area contributed by atoms with E-state index in [0.717, 1.165) is 6.04 Å². The molecule has 0 aromatic rings. The van der Waals surface area contributed by atoms with E-state index in [9.17, 15) is 0 Å². The van der Waals surface area contributed by atoms with Crippen molar-refractivity contribution in [2.45, 2.75) is 103 Å². The Kier molecular flexibility index (Phi) is 14.3. The maximum atomic E-state index is 2.41. The molecule has 1 nitrogen and oxygen atoms in total. The van der Waals surface area contributed by atoms with Gasteiger partial charge in [0.25, 0.3) is 0 Å². The summed E-state index contributed by atoms with van der Waals surface area (Å²) in [6, 6.07) is 0.819. The van der Waals surface area contributed by atoms with E-state index in [1.807, 2.05) is 0 Å². The molecule has 0 bridgehead atoms. The third-order valence-corrected chi connectivity index (χ3v) is 4.24. The molecule has 0 N–H and O–H groups in total. The van der Waals surface area contributed by atoms with Crippen LogP contribution in [0.25, 0.3) is 0 Å². The molecule has 19 heavy (non-hydrogen) atoms. The predicted molar refractivity (Wildman–Crippen MR) is 88.8 cm³/mol. The van der Waals surface area contributed by atoms with Crippen LogP contribution in [0.1, 0.15) is 97.3 Å². The van der Waals surface area contributed by atoms with E-state index in [1.54, 1.807) is 0 Å². The fourth-order valence-electron chi connectivity index (χ4n) is 2.86. The van der Waals surface area contributed by atoms with Gasteiger partial charge in [-0.1, -0.05) is 84.5 Å². The summed E-state index contributed by atoms with van der Waals surface area (Å²) in [7, 11) is 4.47. The van der Waals surface area contributed by atoms with E-state index in [4.69, 9.17) is 0 Å². The molecule has 0 aromatic carbocycles. The van der Waals surface area contributed by atoms with E-state index in [-0.39, 0.29) is 0 Å². The largest absolute Gasteiger partial charge is 0.306 e. The summed E-state index contributed by atoms with van der Waals surface area (Å²) in [6.45, 7) is 4.59. The molecule has 0 radical (unpaired) electrons. The van der Waals surface area contributed by atoms with Gasteiger partial charge in [0.05, 0.1) is 0 Å². The van der Waals surface area contributed by atoms with Crippen molar-refractivity contribution in [3.63, 3.8) is 0 Å². The monoisotopic (exact) mass is 269 g/mol. The Balaban J connectivity index is 3.25. The van der Waals surface area contributed by atoms with Crippen molar-refractivity contribution < 1.29 is 0 Å². The number of hydrogen-bond acceptors (Lipinski definition) is 1. The lowest BCUT2D eigenvalue weighted by Gasteiger charge is -2.23. The van der Waals surface area contributed by atoms with Crippen molar-refractivity contribution in [1.82, 2.24) is 4.90 Å². The van der Waals surface area contributed by atoms with Crippen molar-refractivity contribution in [3.05, 3.63) is 0 Å². The first-order valence-corrected chi connectivity index (χ1v) is 8.88. The second kappa shape index (κ2) is 14.4. The molecule has 0 fully saturated rings. The molecule has 0 spiro atoms. The highest BCUT2D eigenvalue weighted by Crippen LogP contribution is 2.15. The third kappa shape index (κ3) is 12.7. The molecule has 0 heterocycles. The highest BCUT2D eigenvalue weighted by atomic mass is 15.1. The van der Waals surface area contributed by atoms with Crippen LogP contribution in [-0.4, -0.2) is 25.0 Å². The summed E-state index contributed by atoms with van der Waals surface area (Å²) in [5.41, 5.74) is 0. The minimum atomic E-state index is 0.819. The van der Waals surface area contributed by atoms with E-state index < -0.39 is 0 Å². The summed E-state index contributed by atoms with van der Waals surface area (Å²) >= 11 is 0. The quantitative estimate of drug-likeness (QED) is 0.348. The molecule has 116 valence electrons. The first-order chi connectivity index (χ1) is 9.22. The minimum absolute atomic E-state index is 0.819. The van der Waals surface area contributed by atoms with Crippen LogP contribution in [0.15, 0.2) is 0 Å². The van der Waals surface area contributed by atoms with Crippen molar-refractivity contribution in [1.29, 1.82) is 0 Å². The molecule has 0 saturated carbocycles. The van der Waals surface area contributed by atoms with E-state index >= 15 is 0 Å². The van der Waals surface area contributed by atoms with Crippen LogP contribution in [0.4, 0.5) is 0 Å². The fourth-order valence-corrected chi connectivity index (χ4v) is 2.86. The Hall–Kier alpha value is -0.0400. The van der Waals surface area contributed by atoms with Crippen molar-refractivity contribution in [3.8, 4) is 0 Å². The van der Waals surface area contributed by atoms with Gasteiger partial charge in [-0.25, -0.2) is 0 Å². The normalized spacial score (nSPS) is 13.1. The number of nitrogens with zero attached hydrogens (tertiary/aromatic N) is 1. The van der Waals surface area contributed by atoms with Gasteiger partial charge in [-0.15, -0.1) is 0 Å². The number of unbranched alkanes of at least 4 members (excludes halogenated alkanes) is 9. The molecule has 0 aliphatic carbocycles. The summed E-state index contributed by atoms with van der Waals surface area (Å²) in [4.78, 5) is 2.41. The van der Waals surface area contributed by atoms with Crippen LogP contribution in [0.3, 0.4) is 0 Å². The smallest absolute Gasteiger partial charge is 0.00890 e. The summed E-state index contributed by atoms with van der Waals surface area (Å²) in [5.74, 6) is 0. The summed E-state index contributed by atoms with van der Waals surface area (Å²) in [6.07, 6.45) is 18.5. The second-order valence-electron chi connectivity index (χ2n) is 6.38. The number of hydrogen-bond donors (Lipinski definition) is 0. The Labute approximate surface area is 123 Å². The molecule has 0 aliphatic heterocycles. The highest BCUT2D eigenvalue weighted by molar-refractivity contribution is 4.65. The molecule has 0 rings (SSSR count). The third-order valence-electron chi connectivity index (χ3n) is 4.24. The van der Waals surface area contributed by atoms with Gasteiger partial charge < -0.3 is 4.90 Å². The standard InChI is InChI=1S/C18H39N/c1-5-7-8-9-10-11-12-13-14-15-17-18(16-6-2)19(3)4/h18H,5-17H2,1-4H3. The first kappa shape index (κ1) is 19.0.